The zero-order valence-electron chi connectivity index (χ0n) is 9.18. The van der Waals surface area contributed by atoms with Gasteiger partial charge in [-0.1, -0.05) is 30.3 Å². The molecule has 2 rings (SSSR count). The van der Waals surface area contributed by atoms with E-state index in [-0.39, 0.29) is 5.78 Å². The number of Topliss-reactive ketones (excluding diaryl/α,β-unsaturated/α-hetero) is 1. The summed E-state index contributed by atoms with van der Waals surface area (Å²) in [6.45, 7) is 2.01. The van der Waals surface area contributed by atoms with E-state index in [4.69, 9.17) is 0 Å². The normalized spacial score (nSPS) is 10.1. The predicted molar refractivity (Wildman–Crippen MR) is 63.5 cm³/mol. The third-order valence-corrected chi connectivity index (χ3v) is 2.56. The van der Waals surface area contributed by atoms with Crippen LogP contribution in [0, 0.1) is 6.92 Å². The fourth-order valence-electron chi connectivity index (χ4n) is 1.60. The number of aromatic nitrogens is 1. The second kappa shape index (κ2) is 4.71. The number of pyridine rings is 1. The van der Waals surface area contributed by atoms with Gasteiger partial charge in [0.05, 0.1) is 0 Å². The van der Waals surface area contributed by atoms with Crippen LogP contribution in [0.15, 0.2) is 48.7 Å². The van der Waals surface area contributed by atoms with E-state index < -0.39 is 0 Å². The molecule has 0 amide bonds. The largest absolute Gasteiger partial charge is 0.292 e. The number of aryl methyl sites for hydroxylation is 1. The Hall–Kier alpha value is -1.96. The molecule has 0 aliphatic heterocycles. The summed E-state index contributed by atoms with van der Waals surface area (Å²) >= 11 is 0. The molecule has 2 heteroatoms. The first-order valence-corrected chi connectivity index (χ1v) is 5.26. The van der Waals surface area contributed by atoms with Crippen molar-refractivity contribution >= 4 is 5.78 Å². The van der Waals surface area contributed by atoms with Crippen LogP contribution in [-0.4, -0.2) is 10.8 Å². The van der Waals surface area contributed by atoms with Crippen LogP contribution in [0.2, 0.25) is 0 Å². The molecule has 0 bridgehead atoms. The standard InChI is InChI=1S/C14H13NO/c1-11-6-2-3-7-12(11)10-14(16)13-8-4-5-9-15-13/h2-9H,10H2,1H3. The van der Waals surface area contributed by atoms with Crippen molar-refractivity contribution in [2.45, 2.75) is 13.3 Å². The van der Waals surface area contributed by atoms with E-state index in [0.29, 0.717) is 12.1 Å². The van der Waals surface area contributed by atoms with Gasteiger partial charge in [0, 0.05) is 12.6 Å². The molecule has 0 unspecified atom stereocenters. The molecule has 0 spiro atoms. The number of benzene rings is 1. The van der Waals surface area contributed by atoms with Gasteiger partial charge < -0.3 is 0 Å². The van der Waals surface area contributed by atoms with Gasteiger partial charge in [-0.25, -0.2) is 0 Å². The number of hydrogen-bond donors (Lipinski definition) is 0. The van der Waals surface area contributed by atoms with E-state index in [2.05, 4.69) is 4.98 Å². The summed E-state index contributed by atoms with van der Waals surface area (Å²) in [5.74, 6) is 0.0647. The van der Waals surface area contributed by atoms with Crippen molar-refractivity contribution in [2.24, 2.45) is 0 Å². The third kappa shape index (κ3) is 2.34. The maximum absolute atomic E-state index is 11.9. The first-order valence-electron chi connectivity index (χ1n) is 5.26. The molecule has 0 aliphatic rings. The van der Waals surface area contributed by atoms with Gasteiger partial charge in [0.1, 0.15) is 5.69 Å². The summed E-state index contributed by atoms with van der Waals surface area (Å²) < 4.78 is 0. The van der Waals surface area contributed by atoms with Crippen molar-refractivity contribution in [3.63, 3.8) is 0 Å². The van der Waals surface area contributed by atoms with Gasteiger partial charge in [-0.2, -0.15) is 0 Å². The van der Waals surface area contributed by atoms with Crippen LogP contribution in [0.25, 0.3) is 0 Å². The number of carbonyl (C=O) groups excluding carboxylic acids is 1. The van der Waals surface area contributed by atoms with Crippen LogP contribution in [0.5, 0.6) is 0 Å². The van der Waals surface area contributed by atoms with E-state index in [1.165, 1.54) is 0 Å². The summed E-state index contributed by atoms with van der Waals surface area (Å²) in [6, 6.07) is 13.3. The fourth-order valence-corrected chi connectivity index (χ4v) is 1.60. The summed E-state index contributed by atoms with van der Waals surface area (Å²) in [5.41, 5.74) is 2.75. The minimum atomic E-state index is 0.0647. The Bertz CT molecular complexity index is 491. The lowest BCUT2D eigenvalue weighted by Crippen LogP contribution is -2.06. The SMILES string of the molecule is Cc1ccccc1CC(=O)c1ccccn1. The molecule has 80 valence electrons. The van der Waals surface area contributed by atoms with E-state index in [1.807, 2.05) is 43.3 Å². The van der Waals surface area contributed by atoms with E-state index in [1.54, 1.807) is 12.3 Å². The van der Waals surface area contributed by atoms with Crippen molar-refractivity contribution in [1.82, 2.24) is 4.98 Å². The van der Waals surface area contributed by atoms with Gasteiger partial charge >= 0.3 is 0 Å². The second-order valence-electron chi connectivity index (χ2n) is 3.74. The van der Waals surface area contributed by atoms with Crippen LogP contribution in [0.4, 0.5) is 0 Å². The zero-order chi connectivity index (χ0) is 11.4. The molecule has 16 heavy (non-hydrogen) atoms. The minimum absolute atomic E-state index is 0.0647. The molecular formula is C14H13NO. The molecule has 0 N–H and O–H groups in total. The third-order valence-electron chi connectivity index (χ3n) is 2.56. The maximum atomic E-state index is 11.9. The summed E-state index contributed by atoms with van der Waals surface area (Å²) in [4.78, 5) is 16.0. The number of ketones is 1. The van der Waals surface area contributed by atoms with Gasteiger partial charge in [-0.05, 0) is 30.2 Å². The van der Waals surface area contributed by atoms with Gasteiger partial charge in [0.2, 0.25) is 0 Å². The smallest absolute Gasteiger partial charge is 0.185 e. The Morgan fingerprint density at radius 3 is 2.56 bits per heavy atom. The number of carbonyl (C=O) groups is 1. The lowest BCUT2D eigenvalue weighted by Gasteiger charge is -2.03. The average molecular weight is 211 g/mol. The first-order chi connectivity index (χ1) is 7.77. The Balaban J connectivity index is 2.18. The van der Waals surface area contributed by atoms with Gasteiger partial charge in [-0.3, -0.25) is 9.78 Å². The Morgan fingerprint density at radius 1 is 1.12 bits per heavy atom. The van der Waals surface area contributed by atoms with Gasteiger partial charge in [0.15, 0.2) is 5.78 Å². The van der Waals surface area contributed by atoms with Crippen LogP contribution >= 0.6 is 0 Å². The highest BCUT2D eigenvalue weighted by Gasteiger charge is 2.08. The minimum Gasteiger partial charge on any atom is -0.292 e. The molecule has 2 nitrogen and oxygen atoms in total. The molecule has 0 fully saturated rings. The second-order valence-corrected chi connectivity index (χ2v) is 3.74. The molecule has 0 saturated heterocycles. The quantitative estimate of drug-likeness (QED) is 0.731. The highest BCUT2D eigenvalue weighted by molar-refractivity contribution is 5.95. The fraction of sp³-hybridized carbons (Fsp3) is 0.143. The first kappa shape index (κ1) is 10.6. The van der Waals surface area contributed by atoms with Crippen LogP contribution < -0.4 is 0 Å². The molecule has 0 aliphatic carbocycles. The molecule has 0 saturated carbocycles. The van der Waals surface area contributed by atoms with Crippen LogP contribution in [0.1, 0.15) is 21.6 Å². The summed E-state index contributed by atoms with van der Waals surface area (Å²) in [6.07, 6.45) is 2.06. The van der Waals surface area contributed by atoms with Crippen molar-refractivity contribution in [1.29, 1.82) is 0 Å². The van der Waals surface area contributed by atoms with Crippen molar-refractivity contribution in [3.05, 3.63) is 65.5 Å². The van der Waals surface area contributed by atoms with Crippen molar-refractivity contribution in [3.8, 4) is 0 Å². The topological polar surface area (TPSA) is 30.0 Å². The molecule has 1 aromatic carbocycles. The van der Waals surface area contributed by atoms with Crippen molar-refractivity contribution < 1.29 is 4.79 Å². The monoisotopic (exact) mass is 211 g/mol. The van der Waals surface area contributed by atoms with Crippen molar-refractivity contribution in [2.75, 3.05) is 0 Å². The maximum Gasteiger partial charge on any atom is 0.185 e. The molecule has 1 aromatic heterocycles. The average Bonchev–Trinajstić information content (AvgIpc) is 2.33. The lowest BCUT2D eigenvalue weighted by atomic mass is 10.0. The lowest BCUT2D eigenvalue weighted by molar-refractivity contribution is 0.0988. The number of hydrogen-bond acceptors (Lipinski definition) is 2. The van der Waals surface area contributed by atoms with Crippen LogP contribution in [-0.2, 0) is 6.42 Å². The highest BCUT2D eigenvalue weighted by Crippen LogP contribution is 2.10. The summed E-state index contributed by atoms with van der Waals surface area (Å²) in [5, 5.41) is 0. The molecule has 1 heterocycles. The van der Waals surface area contributed by atoms with E-state index >= 15 is 0 Å². The molecular weight excluding hydrogens is 198 g/mol. The zero-order valence-corrected chi connectivity index (χ0v) is 9.18. The Morgan fingerprint density at radius 2 is 1.88 bits per heavy atom. The number of nitrogens with zero attached hydrogens (tertiary/aromatic N) is 1. The predicted octanol–water partition coefficient (Wildman–Crippen LogP) is 2.82. The van der Waals surface area contributed by atoms with Crippen LogP contribution in [0.3, 0.4) is 0 Å². The number of rotatable bonds is 3. The van der Waals surface area contributed by atoms with Gasteiger partial charge in [-0.15, -0.1) is 0 Å². The summed E-state index contributed by atoms with van der Waals surface area (Å²) in [7, 11) is 0. The molecule has 0 radical (unpaired) electrons. The van der Waals surface area contributed by atoms with E-state index in [9.17, 15) is 4.79 Å². The Labute approximate surface area is 95.0 Å². The van der Waals surface area contributed by atoms with E-state index in [0.717, 1.165) is 11.1 Å². The molecule has 0 atom stereocenters. The highest BCUT2D eigenvalue weighted by atomic mass is 16.1. The Kier molecular flexibility index (Phi) is 3.10. The molecule has 2 aromatic rings. The van der Waals surface area contributed by atoms with Gasteiger partial charge in [0.25, 0.3) is 0 Å².